The van der Waals surface area contributed by atoms with E-state index in [9.17, 15) is 24.0 Å². The van der Waals surface area contributed by atoms with Crippen molar-refractivity contribution in [2.24, 2.45) is 11.8 Å². The van der Waals surface area contributed by atoms with E-state index in [0.717, 1.165) is 22.3 Å². The summed E-state index contributed by atoms with van der Waals surface area (Å²) in [7, 11) is 0. The van der Waals surface area contributed by atoms with Crippen LogP contribution in [-0.2, 0) is 33.4 Å². The van der Waals surface area contributed by atoms with Crippen LogP contribution < -0.4 is 10.6 Å². The Labute approximate surface area is 222 Å². The van der Waals surface area contributed by atoms with Gasteiger partial charge in [-0.2, -0.15) is 0 Å². The van der Waals surface area contributed by atoms with Crippen molar-refractivity contribution in [2.75, 3.05) is 13.3 Å². The third-order valence-electron chi connectivity index (χ3n) is 6.61. The van der Waals surface area contributed by atoms with Crippen molar-refractivity contribution >= 4 is 29.5 Å². The average Bonchev–Trinajstić information content (AvgIpc) is 3.20. The van der Waals surface area contributed by atoms with Gasteiger partial charge in [0.2, 0.25) is 11.8 Å². The molecule has 2 amide bonds. The maximum absolute atomic E-state index is 12.6. The lowest BCUT2D eigenvalue weighted by Gasteiger charge is -2.19. The minimum atomic E-state index is -0.837. The van der Waals surface area contributed by atoms with E-state index in [1.807, 2.05) is 36.4 Å². The Kier molecular flexibility index (Phi) is 9.76. The smallest absolute Gasteiger partial charge is 0.306 e. The van der Waals surface area contributed by atoms with Crippen molar-refractivity contribution in [1.82, 2.24) is 10.6 Å². The number of benzene rings is 2. The number of amides is 2. The van der Waals surface area contributed by atoms with E-state index >= 15 is 0 Å². The van der Waals surface area contributed by atoms with Crippen LogP contribution in [-0.4, -0.2) is 48.9 Å². The molecule has 2 aromatic carbocycles. The van der Waals surface area contributed by atoms with Gasteiger partial charge in [0.15, 0.2) is 12.5 Å². The number of carbonyl (C=O) groups excluding carboxylic acids is 5. The molecule has 3 rings (SSSR count). The zero-order valence-corrected chi connectivity index (χ0v) is 22.1. The second-order valence-corrected chi connectivity index (χ2v) is 9.64. The normalized spacial score (nSPS) is 14.3. The highest BCUT2D eigenvalue weighted by Crippen LogP contribution is 2.44. The van der Waals surface area contributed by atoms with Crippen LogP contribution in [0.4, 0.5) is 0 Å². The Morgan fingerprint density at radius 1 is 0.789 bits per heavy atom. The SMILES string of the molecule is CC(=O)OCNC(=O)[C@H](C)CC(=O)[C@H](C)NC(=O)[C@H](C)CC(=O)OCC1c2ccccc2-c2ccccc21. The summed E-state index contributed by atoms with van der Waals surface area (Å²) >= 11 is 0. The van der Waals surface area contributed by atoms with Crippen LogP contribution in [0.5, 0.6) is 0 Å². The van der Waals surface area contributed by atoms with Crippen LogP contribution >= 0.6 is 0 Å². The first kappa shape index (κ1) is 28.6. The highest BCUT2D eigenvalue weighted by Gasteiger charge is 2.30. The topological polar surface area (TPSA) is 128 Å². The summed E-state index contributed by atoms with van der Waals surface area (Å²) in [5.74, 6) is -3.69. The van der Waals surface area contributed by atoms with Gasteiger partial charge in [-0.3, -0.25) is 24.0 Å². The van der Waals surface area contributed by atoms with E-state index in [2.05, 4.69) is 27.5 Å². The lowest BCUT2D eigenvalue weighted by molar-refractivity contribution is -0.147. The largest absolute Gasteiger partial charge is 0.465 e. The summed E-state index contributed by atoms with van der Waals surface area (Å²) < 4.78 is 10.2. The van der Waals surface area contributed by atoms with E-state index in [1.165, 1.54) is 13.8 Å². The van der Waals surface area contributed by atoms with Gasteiger partial charge < -0.3 is 20.1 Å². The monoisotopic (exact) mass is 522 g/mol. The van der Waals surface area contributed by atoms with Crippen LogP contribution in [0.25, 0.3) is 11.1 Å². The average molecular weight is 523 g/mol. The molecule has 0 aliphatic heterocycles. The zero-order valence-electron chi connectivity index (χ0n) is 22.1. The maximum Gasteiger partial charge on any atom is 0.306 e. The molecule has 0 heterocycles. The number of rotatable bonds is 12. The van der Waals surface area contributed by atoms with Gasteiger partial charge in [0, 0.05) is 31.1 Å². The predicted octanol–water partition coefficient (Wildman–Crippen LogP) is 3.11. The fraction of sp³-hybridized carbons (Fsp3) is 0.414. The van der Waals surface area contributed by atoms with Crippen LogP contribution in [0.3, 0.4) is 0 Å². The van der Waals surface area contributed by atoms with Crippen molar-refractivity contribution in [3.8, 4) is 11.1 Å². The first-order valence-electron chi connectivity index (χ1n) is 12.7. The van der Waals surface area contributed by atoms with Gasteiger partial charge in [-0.05, 0) is 29.2 Å². The molecule has 38 heavy (non-hydrogen) atoms. The van der Waals surface area contributed by atoms with Crippen LogP contribution in [0, 0.1) is 11.8 Å². The Morgan fingerprint density at radius 3 is 1.92 bits per heavy atom. The number of carbonyl (C=O) groups is 5. The molecule has 0 saturated carbocycles. The van der Waals surface area contributed by atoms with Crippen molar-refractivity contribution in [2.45, 2.75) is 52.5 Å². The quantitative estimate of drug-likeness (QED) is 0.324. The third-order valence-corrected chi connectivity index (χ3v) is 6.61. The van der Waals surface area contributed by atoms with E-state index in [0.29, 0.717) is 0 Å². The highest BCUT2D eigenvalue weighted by molar-refractivity contribution is 5.93. The predicted molar refractivity (Wildman–Crippen MR) is 140 cm³/mol. The van der Waals surface area contributed by atoms with E-state index in [-0.39, 0.29) is 37.9 Å². The molecule has 0 fully saturated rings. The number of hydrogen-bond acceptors (Lipinski definition) is 7. The van der Waals surface area contributed by atoms with Crippen molar-refractivity contribution < 1.29 is 33.4 Å². The summed E-state index contributed by atoms with van der Waals surface area (Å²) in [5.41, 5.74) is 4.47. The lowest BCUT2D eigenvalue weighted by Crippen LogP contribution is -2.43. The molecule has 0 aromatic heterocycles. The number of esters is 2. The van der Waals surface area contributed by atoms with E-state index < -0.39 is 41.6 Å². The van der Waals surface area contributed by atoms with Gasteiger partial charge >= 0.3 is 11.9 Å². The fourth-order valence-corrected chi connectivity index (χ4v) is 4.41. The van der Waals surface area contributed by atoms with Crippen LogP contribution in [0.2, 0.25) is 0 Å². The molecule has 0 spiro atoms. The molecule has 9 heteroatoms. The molecule has 9 nitrogen and oxygen atoms in total. The number of fused-ring (bicyclic) bond motifs is 3. The minimum absolute atomic E-state index is 0.0682. The summed E-state index contributed by atoms with van der Waals surface area (Å²) in [4.78, 5) is 60.5. The molecule has 2 aromatic rings. The Hall–Kier alpha value is -4.01. The number of ketones is 1. The maximum atomic E-state index is 12.6. The van der Waals surface area contributed by atoms with Crippen LogP contribution in [0.15, 0.2) is 48.5 Å². The lowest BCUT2D eigenvalue weighted by atomic mass is 9.98. The Morgan fingerprint density at radius 2 is 1.34 bits per heavy atom. The van der Waals surface area contributed by atoms with Gasteiger partial charge in [0.05, 0.1) is 12.5 Å². The fourth-order valence-electron chi connectivity index (χ4n) is 4.41. The minimum Gasteiger partial charge on any atom is -0.465 e. The number of Topliss-reactive ketones (excluding diaryl/α,β-unsaturated/α-hetero) is 1. The Bertz CT molecular complexity index is 1160. The second-order valence-electron chi connectivity index (χ2n) is 9.64. The van der Waals surface area contributed by atoms with Crippen molar-refractivity contribution in [1.29, 1.82) is 0 Å². The Balaban J connectivity index is 1.45. The molecular weight excluding hydrogens is 488 g/mol. The van der Waals surface area contributed by atoms with E-state index in [4.69, 9.17) is 4.74 Å². The summed E-state index contributed by atoms with van der Waals surface area (Å²) in [6.07, 6.45) is -0.230. The molecule has 0 unspecified atom stereocenters. The molecule has 1 aliphatic carbocycles. The molecule has 1 aliphatic rings. The first-order valence-corrected chi connectivity index (χ1v) is 12.7. The van der Waals surface area contributed by atoms with Gasteiger partial charge in [0.1, 0.15) is 6.61 Å². The summed E-state index contributed by atoms with van der Waals surface area (Å²) in [5, 5.41) is 5.02. The number of ether oxygens (including phenoxy) is 2. The molecule has 0 saturated heterocycles. The van der Waals surface area contributed by atoms with Gasteiger partial charge in [-0.25, -0.2) is 0 Å². The standard InChI is InChI=1S/C29H34N2O7/c1-17(28(35)30-16-38-20(4)32)13-26(33)19(3)31-29(36)18(2)14-27(34)37-15-25-23-11-7-5-9-21(23)22-10-6-8-12-24(22)25/h5-12,17-19,25H,13-16H2,1-4H3,(H,30,35)(H,31,36)/t17-,18-,19+/m1/s1. The van der Waals surface area contributed by atoms with Crippen molar-refractivity contribution in [3.05, 3.63) is 59.7 Å². The first-order chi connectivity index (χ1) is 18.1. The van der Waals surface area contributed by atoms with E-state index in [1.54, 1.807) is 13.8 Å². The zero-order chi connectivity index (χ0) is 27.8. The van der Waals surface area contributed by atoms with Gasteiger partial charge in [-0.15, -0.1) is 0 Å². The van der Waals surface area contributed by atoms with Gasteiger partial charge in [0.25, 0.3) is 0 Å². The molecule has 0 radical (unpaired) electrons. The summed E-state index contributed by atoms with van der Waals surface area (Å²) in [6.45, 7) is 5.82. The molecule has 3 atom stereocenters. The molecular formula is C29H34N2O7. The third kappa shape index (κ3) is 7.27. The summed E-state index contributed by atoms with van der Waals surface area (Å²) in [6, 6.07) is 15.2. The molecule has 202 valence electrons. The number of nitrogens with one attached hydrogen (secondary N) is 2. The molecule has 0 bridgehead atoms. The molecule has 2 N–H and O–H groups in total. The second kappa shape index (κ2) is 13.0. The van der Waals surface area contributed by atoms with Gasteiger partial charge in [-0.1, -0.05) is 62.4 Å². The highest BCUT2D eigenvalue weighted by atomic mass is 16.5. The van der Waals surface area contributed by atoms with Crippen LogP contribution in [0.1, 0.15) is 57.6 Å². The number of hydrogen-bond donors (Lipinski definition) is 2. The van der Waals surface area contributed by atoms with Crippen molar-refractivity contribution in [3.63, 3.8) is 0 Å².